The summed E-state index contributed by atoms with van der Waals surface area (Å²) in [6.45, 7) is 6.16. The fourth-order valence-corrected chi connectivity index (χ4v) is 1.54. The van der Waals surface area contributed by atoms with Gasteiger partial charge in [-0.05, 0) is 39.0 Å². The smallest absolute Gasteiger partial charge is 0.222 e. The van der Waals surface area contributed by atoms with Crippen molar-refractivity contribution in [3.05, 3.63) is 0 Å². The van der Waals surface area contributed by atoms with Gasteiger partial charge in [-0.2, -0.15) is 0 Å². The topological polar surface area (TPSA) is 36.9 Å². The monoisotopic (exact) mass is 242 g/mol. The molecule has 0 bridgehead atoms. The third-order valence-corrected chi connectivity index (χ3v) is 2.34. The van der Waals surface area contributed by atoms with Gasteiger partial charge < -0.3 is 18.9 Å². The van der Waals surface area contributed by atoms with Crippen LogP contribution in [0.2, 0.25) is 0 Å². The van der Waals surface area contributed by atoms with Gasteiger partial charge in [0.2, 0.25) is 6.29 Å². The lowest BCUT2D eigenvalue weighted by Crippen LogP contribution is -2.22. The largest absolute Gasteiger partial charge is 0.353 e. The average Bonchev–Trinajstić information content (AvgIpc) is 2.36. The molecule has 0 saturated carbocycles. The lowest BCUT2D eigenvalue weighted by Gasteiger charge is -2.21. The second kappa shape index (κ2) is 9.43. The van der Waals surface area contributed by atoms with Gasteiger partial charge in [-0.25, -0.2) is 0 Å². The van der Waals surface area contributed by atoms with E-state index in [1.165, 1.54) is 6.42 Å². The van der Waals surface area contributed by atoms with Crippen LogP contribution in [0, 0.1) is 11.8 Å². The third kappa shape index (κ3) is 6.64. The van der Waals surface area contributed by atoms with Crippen molar-refractivity contribution in [1.82, 2.24) is 0 Å². The summed E-state index contributed by atoms with van der Waals surface area (Å²) in [7, 11) is 0. The zero-order valence-electron chi connectivity index (χ0n) is 10.7. The van der Waals surface area contributed by atoms with Gasteiger partial charge in [0.25, 0.3) is 0 Å². The van der Waals surface area contributed by atoms with E-state index in [1.54, 1.807) is 0 Å². The van der Waals surface area contributed by atoms with E-state index in [2.05, 4.69) is 11.8 Å². The first-order chi connectivity index (χ1) is 8.36. The van der Waals surface area contributed by atoms with Crippen LogP contribution in [0.1, 0.15) is 33.1 Å². The first-order valence-corrected chi connectivity index (χ1v) is 6.31. The molecule has 1 fully saturated rings. The molecule has 0 aromatic heterocycles. The second-order valence-corrected chi connectivity index (χ2v) is 3.67. The Morgan fingerprint density at radius 2 is 2.00 bits per heavy atom. The average molecular weight is 242 g/mol. The maximum atomic E-state index is 5.48. The summed E-state index contributed by atoms with van der Waals surface area (Å²) in [6.07, 6.45) is 2.72. The fraction of sp³-hybridized carbons (Fsp3) is 0.846. The molecule has 0 radical (unpaired) electrons. The van der Waals surface area contributed by atoms with Crippen LogP contribution in [0.25, 0.3) is 0 Å². The van der Waals surface area contributed by atoms with Crippen LogP contribution in [-0.4, -0.2) is 39.0 Å². The van der Waals surface area contributed by atoms with E-state index in [4.69, 9.17) is 18.9 Å². The lowest BCUT2D eigenvalue weighted by molar-refractivity contribution is -0.154. The molecule has 1 saturated heterocycles. The van der Waals surface area contributed by atoms with Crippen LogP contribution in [0.5, 0.6) is 0 Å². The molecule has 1 aliphatic heterocycles. The highest BCUT2D eigenvalue weighted by Gasteiger charge is 2.12. The summed E-state index contributed by atoms with van der Waals surface area (Å²) in [5.41, 5.74) is 0. The summed E-state index contributed by atoms with van der Waals surface area (Å²) < 4.78 is 21.5. The SMILES string of the molecule is CCOC(C#CCO[C@H]1CCCCO1)OCC. The molecule has 1 rings (SSSR count). The van der Waals surface area contributed by atoms with Crippen LogP contribution in [0.3, 0.4) is 0 Å². The Morgan fingerprint density at radius 3 is 2.59 bits per heavy atom. The van der Waals surface area contributed by atoms with Crippen LogP contribution in [-0.2, 0) is 18.9 Å². The first-order valence-electron chi connectivity index (χ1n) is 6.31. The van der Waals surface area contributed by atoms with E-state index in [1.807, 2.05) is 13.8 Å². The van der Waals surface area contributed by atoms with Crippen molar-refractivity contribution in [3.8, 4) is 11.8 Å². The molecule has 1 aliphatic rings. The van der Waals surface area contributed by atoms with Crippen molar-refractivity contribution < 1.29 is 18.9 Å². The quantitative estimate of drug-likeness (QED) is 0.527. The summed E-state index contributed by atoms with van der Waals surface area (Å²) in [4.78, 5) is 0. The molecular weight excluding hydrogens is 220 g/mol. The Balaban J connectivity index is 2.18. The molecule has 98 valence electrons. The van der Waals surface area contributed by atoms with E-state index in [9.17, 15) is 0 Å². The predicted octanol–water partition coefficient (Wildman–Crippen LogP) is 1.93. The van der Waals surface area contributed by atoms with Crippen LogP contribution >= 0.6 is 0 Å². The first kappa shape index (κ1) is 14.5. The van der Waals surface area contributed by atoms with E-state index in [0.29, 0.717) is 19.8 Å². The van der Waals surface area contributed by atoms with Crippen molar-refractivity contribution in [1.29, 1.82) is 0 Å². The van der Waals surface area contributed by atoms with Crippen LogP contribution in [0.15, 0.2) is 0 Å². The van der Waals surface area contributed by atoms with Gasteiger partial charge in [0.1, 0.15) is 6.61 Å². The molecular formula is C13H22O4. The molecule has 0 aromatic rings. The summed E-state index contributed by atoms with van der Waals surface area (Å²) in [5.74, 6) is 5.79. The van der Waals surface area contributed by atoms with Gasteiger partial charge in [-0.1, -0.05) is 5.92 Å². The Bertz CT molecular complexity index is 232. The minimum absolute atomic E-state index is 0.0873. The highest BCUT2D eigenvalue weighted by molar-refractivity contribution is 5.02. The van der Waals surface area contributed by atoms with Crippen molar-refractivity contribution in [2.75, 3.05) is 26.4 Å². The molecule has 0 N–H and O–H groups in total. The van der Waals surface area contributed by atoms with Gasteiger partial charge in [-0.15, -0.1) is 0 Å². The Morgan fingerprint density at radius 1 is 1.24 bits per heavy atom. The zero-order chi connectivity index (χ0) is 12.3. The number of rotatable bonds is 6. The predicted molar refractivity (Wildman–Crippen MR) is 64.4 cm³/mol. The van der Waals surface area contributed by atoms with E-state index in [0.717, 1.165) is 19.4 Å². The zero-order valence-corrected chi connectivity index (χ0v) is 10.7. The maximum absolute atomic E-state index is 5.48. The Kier molecular flexibility index (Phi) is 8.02. The van der Waals surface area contributed by atoms with Gasteiger partial charge in [0.05, 0.1) is 0 Å². The van der Waals surface area contributed by atoms with Crippen molar-refractivity contribution in [2.45, 2.75) is 45.7 Å². The van der Waals surface area contributed by atoms with Gasteiger partial charge in [0.15, 0.2) is 6.29 Å². The van der Waals surface area contributed by atoms with Crippen molar-refractivity contribution in [2.24, 2.45) is 0 Å². The van der Waals surface area contributed by atoms with E-state index >= 15 is 0 Å². The Hall–Kier alpha value is -0.600. The summed E-state index contributed by atoms with van der Waals surface area (Å²) >= 11 is 0. The second-order valence-electron chi connectivity index (χ2n) is 3.67. The number of hydrogen-bond donors (Lipinski definition) is 0. The van der Waals surface area contributed by atoms with Gasteiger partial charge in [-0.3, -0.25) is 0 Å². The molecule has 4 heteroatoms. The molecule has 0 unspecified atom stereocenters. The maximum Gasteiger partial charge on any atom is 0.222 e. The van der Waals surface area contributed by atoms with Gasteiger partial charge >= 0.3 is 0 Å². The lowest BCUT2D eigenvalue weighted by atomic mass is 10.2. The molecule has 0 amide bonds. The molecule has 1 atom stereocenters. The minimum Gasteiger partial charge on any atom is -0.353 e. The number of hydrogen-bond acceptors (Lipinski definition) is 4. The van der Waals surface area contributed by atoms with Gasteiger partial charge in [0, 0.05) is 19.8 Å². The molecule has 17 heavy (non-hydrogen) atoms. The van der Waals surface area contributed by atoms with Crippen molar-refractivity contribution >= 4 is 0 Å². The van der Waals surface area contributed by atoms with Crippen LogP contribution in [0.4, 0.5) is 0 Å². The van der Waals surface area contributed by atoms with Crippen LogP contribution < -0.4 is 0 Å². The van der Waals surface area contributed by atoms with E-state index in [-0.39, 0.29) is 6.29 Å². The highest BCUT2D eigenvalue weighted by atomic mass is 16.7. The molecule has 0 aliphatic carbocycles. The highest BCUT2D eigenvalue weighted by Crippen LogP contribution is 2.13. The fourth-order valence-electron chi connectivity index (χ4n) is 1.54. The molecule has 0 spiro atoms. The summed E-state index contributed by atoms with van der Waals surface area (Å²) in [6, 6.07) is 0. The molecule has 0 aromatic carbocycles. The standard InChI is InChI=1S/C13H22O4/c1-3-14-12(15-4-2)9-7-11-17-13-8-5-6-10-16-13/h12-13H,3-6,8,10-11H2,1-2H3/t13-/m0/s1. The normalized spacial score (nSPS) is 20.1. The van der Waals surface area contributed by atoms with Crippen molar-refractivity contribution in [3.63, 3.8) is 0 Å². The number of ether oxygens (including phenoxy) is 4. The molecule has 4 nitrogen and oxygen atoms in total. The minimum atomic E-state index is -0.444. The summed E-state index contributed by atoms with van der Waals surface area (Å²) in [5, 5.41) is 0. The van der Waals surface area contributed by atoms with E-state index < -0.39 is 6.29 Å². The molecule has 1 heterocycles. The third-order valence-electron chi connectivity index (χ3n) is 2.34. The Labute approximate surface area is 104 Å².